The van der Waals surface area contributed by atoms with Crippen molar-refractivity contribution in [2.24, 2.45) is 0 Å². The van der Waals surface area contributed by atoms with Crippen molar-refractivity contribution in [2.75, 3.05) is 13.2 Å². The Morgan fingerprint density at radius 1 is 1.35 bits per heavy atom. The van der Waals surface area contributed by atoms with Gasteiger partial charge in [-0.05, 0) is 30.6 Å². The zero-order chi connectivity index (χ0) is 18.4. The van der Waals surface area contributed by atoms with E-state index in [2.05, 4.69) is 20.0 Å². The van der Waals surface area contributed by atoms with Crippen LogP contribution in [0.4, 0.5) is 4.39 Å². The highest BCUT2D eigenvalue weighted by molar-refractivity contribution is 7.05. The Kier molecular flexibility index (Phi) is 6.23. The lowest BCUT2D eigenvalue weighted by atomic mass is 10.1. The van der Waals surface area contributed by atoms with E-state index in [0.29, 0.717) is 36.2 Å². The zero-order valence-electron chi connectivity index (χ0n) is 13.9. The Balaban J connectivity index is 1.62. The Morgan fingerprint density at radius 2 is 2.23 bits per heavy atom. The predicted octanol–water partition coefficient (Wildman–Crippen LogP) is 2.23. The van der Waals surface area contributed by atoms with Gasteiger partial charge in [0.1, 0.15) is 30.5 Å². The summed E-state index contributed by atoms with van der Waals surface area (Å²) in [6, 6.07) is 4.62. The first-order valence-corrected chi connectivity index (χ1v) is 8.55. The molecule has 138 valence electrons. The average molecular weight is 380 g/mol. The van der Waals surface area contributed by atoms with Crippen LogP contribution in [-0.2, 0) is 18.1 Å². The van der Waals surface area contributed by atoms with E-state index in [9.17, 15) is 4.39 Å². The Hall–Kier alpha value is -2.40. The standard InChI is InChI=1S/C16H17FN4O4S/c1-10-13(16(20-25-10)14-3-2-11(17)7-18-14)9-23-15-6-12(26-21-15)8-24-19-4-5-22/h2-3,6-7,19,22H,4-5,8-9H2,1H3. The summed E-state index contributed by atoms with van der Waals surface area (Å²) in [5.41, 5.74) is 4.35. The minimum absolute atomic E-state index is 0.000381. The normalized spacial score (nSPS) is 11.0. The fourth-order valence-corrected chi connectivity index (χ4v) is 2.67. The number of pyridine rings is 1. The molecule has 0 aliphatic rings. The maximum atomic E-state index is 13.0. The van der Waals surface area contributed by atoms with E-state index in [1.807, 2.05) is 0 Å². The summed E-state index contributed by atoms with van der Waals surface area (Å²) in [5.74, 6) is 0.630. The Labute approximate surface area is 152 Å². The van der Waals surface area contributed by atoms with Crippen LogP contribution in [0.2, 0.25) is 0 Å². The van der Waals surface area contributed by atoms with E-state index in [0.717, 1.165) is 16.6 Å². The number of aromatic nitrogens is 3. The third-order valence-corrected chi connectivity index (χ3v) is 4.13. The number of aryl methyl sites for hydroxylation is 1. The molecule has 0 aromatic carbocycles. The molecule has 2 N–H and O–H groups in total. The molecule has 0 radical (unpaired) electrons. The van der Waals surface area contributed by atoms with E-state index in [-0.39, 0.29) is 13.2 Å². The van der Waals surface area contributed by atoms with Gasteiger partial charge in [0.05, 0.1) is 28.9 Å². The van der Waals surface area contributed by atoms with Crippen LogP contribution in [-0.4, -0.2) is 32.8 Å². The summed E-state index contributed by atoms with van der Waals surface area (Å²) < 4.78 is 28.2. The number of halogens is 1. The van der Waals surface area contributed by atoms with Crippen LogP contribution < -0.4 is 10.2 Å². The van der Waals surface area contributed by atoms with Crippen LogP contribution in [0.3, 0.4) is 0 Å². The van der Waals surface area contributed by atoms with Gasteiger partial charge >= 0.3 is 0 Å². The minimum Gasteiger partial charge on any atom is -0.472 e. The molecule has 0 aliphatic carbocycles. The molecule has 8 nitrogen and oxygen atoms in total. The molecular formula is C16H17FN4O4S. The molecule has 0 saturated carbocycles. The topological polar surface area (TPSA) is 103 Å². The molecule has 0 saturated heterocycles. The van der Waals surface area contributed by atoms with Crippen LogP contribution >= 0.6 is 11.5 Å². The third-order valence-electron chi connectivity index (χ3n) is 3.39. The maximum absolute atomic E-state index is 13.0. The second-order valence-corrected chi connectivity index (χ2v) is 6.14. The smallest absolute Gasteiger partial charge is 0.225 e. The number of hydrogen-bond donors (Lipinski definition) is 2. The minimum atomic E-state index is -0.419. The van der Waals surface area contributed by atoms with E-state index in [1.165, 1.54) is 23.7 Å². The number of hydroxylamine groups is 1. The lowest BCUT2D eigenvalue weighted by molar-refractivity contribution is 0.0212. The molecular weight excluding hydrogens is 363 g/mol. The zero-order valence-corrected chi connectivity index (χ0v) is 14.8. The first kappa shape index (κ1) is 18.4. The van der Waals surface area contributed by atoms with Gasteiger partial charge in [0, 0.05) is 12.6 Å². The van der Waals surface area contributed by atoms with Crippen molar-refractivity contribution in [3.05, 3.63) is 46.4 Å². The fourth-order valence-electron chi connectivity index (χ4n) is 2.09. The number of nitrogens with one attached hydrogen (secondary N) is 1. The number of hydrogen-bond acceptors (Lipinski definition) is 9. The van der Waals surface area contributed by atoms with Crippen LogP contribution in [0.1, 0.15) is 16.2 Å². The maximum Gasteiger partial charge on any atom is 0.225 e. The molecule has 3 heterocycles. The molecule has 3 rings (SSSR count). The molecule has 3 aromatic heterocycles. The lowest BCUT2D eigenvalue weighted by Gasteiger charge is -2.04. The van der Waals surface area contributed by atoms with Crippen LogP contribution in [0.5, 0.6) is 5.88 Å². The van der Waals surface area contributed by atoms with E-state index in [1.54, 1.807) is 13.0 Å². The Bertz CT molecular complexity index is 837. The molecule has 0 unspecified atom stereocenters. The van der Waals surface area contributed by atoms with E-state index in [4.69, 9.17) is 19.2 Å². The monoisotopic (exact) mass is 380 g/mol. The van der Waals surface area contributed by atoms with Crippen molar-refractivity contribution in [1.82, 2.24) is 20.0 Å². The molecule has 0 fully saturated rings. The quantitative estimate of drug-likeness (QED) is 0.430. The van der Waals surface area contributed by atoms with Gasteiger partial charge in [-0.3, -0.25) is 9.82 Å². The van der Waals surface area contributed by atoms with Gasteiger partial charge in [0.25, 0.3) is 0 Å². The van der Waals surface area contributed by atoms with E-state index >= 15 is 0 Å². The summed E-state index contributed by atoms with van der Waals surface area (Å²) in [6.45, 7) is 2.63. The second-order valence-electron chi connectivity index (χ2n) is 5.25. The van der Waals surface area contributed by atoms with Gasteiger partial charge in [-0.2, -0.15) is 9.85 Å². The van der Waals surface area contributed by atoms with Crippen molar-refractivity contribution in [2.45, 2.75) is 20.1 Å². The van der Waals surface area contributed by atoms with E-state index < -0.39 is 5.82 Å². The molecule has 3 aromatic rings. The molecule has 0 bridgehead atoms. The summed E-state index contributed by atoms with van der Waals surface area (Å²) in [5, 5.41) is 12.6. The van der Waals surface area contributed by atoms with Gasteiger partial charge in [0.2, 0.25) is 5.88 Å². The highest BCUT2D eigenvalue weighted by Crippen LogP contribution is 2.26. The Morgan fingerprint density at radius 3 is 3.00 bits per heavy atom. The first-order chi connectivity index (χ1) is 12.7. The van der Waals surface area contributed by atoms with Crippen molar-refractivity contribution in [1.29, 1.82) is 0 Å². The van der Waals surface area contributed by atoms with Crippen molar-refractivity contribution in [3.63, 3.8) is 0 Å². The molecule has 0 aliphatic heterocycles. The largest absolute Gasteiger partial charge is 0.472 e. The second kappa shape index (κ2) is 8.81. The summed E-state index contributed by atoms with van der Waals surface area (Å²) in [4.78, 5) is 10.1. The molecule has 0 amide bonds. The molecule has 0 atom stereocenters. The predicted molar refractivity (Wildman–Crippen MR) is 90.8 cm³/mol. The number of rotatable bonds is 9. The van der Waals surface area contributed by atoms with Gasteiger partial charge < -0.3 is 14.4 Å². The fraction of sp³-hybridized carbons (Fsp3) is 0.312. The van der Waals surface area contributed by atoms with Crippen LogP contribution in [0, 0.1) is 12.7 Å². The van der Waals surface area contributed by atoms with Crippen LogP contribution in [0.15, 0.2) is 28.9 Å². The highest BCUT2D eigenvalue weighted by atomic mass is 32.1. The molecule has 10 heteroatoms. The lowest BCUT2D eigenvalue weighted by Crippen LogP contribution is -2.18. The van der Waals surface area contributed by atoms with Gasteiger partial charge in [-0.15, -0.1) is 0 Å². The number of aliphatic hydroxyl groups excluding tert-OH is 1. The number of nitrogens with zero attached hydrogens (tertiary/aromatic N) is 3. The molecule has 0 spiro atoms. The molecule has 26 heavy (non-hydrogen) atoms. The first-order valence-electron chi connectivity index (χ1n) is 7.78. The third kappa shape index (κ3) is 4.61. The summed E-state index contributed by atoms with van der Waals surface area (Å²) in [7, 11) is 0. The average Bonchev–Trinajstić information content (AvgIpc) is 3.24. The highest BCUT2D eigenvalue weighted by Gasteiger charge is 2.17. The van der Waals surface area contributed by atoms with Crippen molar-refractivity contribution < 1.29 is 23.6 Å². The van der Waals surface area contributed by atoms with Crippen LogP contribution in [0.25, 0.3) is 11.4 Å². The summed E-state index contributed by atoms with van der Waals surface area (Å²) >= 11 is 1.26. The van der Waals surface area contributed by atoms with Gasteiger partial charge in [0.15, 0.2) is 0 Å². The summed E-state index contributed by atoms with van der Waals surface area (Å²) in [6.07, 6.45) is 1.13. The van der Waals surface area contributed by atoms with Crippen molar-refractivity contribution >= 4 is 11.5 Å². The van der Waals surface area contributed by atoms with Gasteiger partial charge in [-0.1, -0.05) is 5.16 Å². The number of ether oxygens (including phenoxy) is 1. The number of aliphatic hydroxyl groups is 1. The van der Waals surface area contributed by atoms with Gasteiger partial charge in [-0.25, -0.2) is 4.39 Å². The van der Waals surface area contributed by atoms with Crippen molar-refractivity contribution in [3.8, 4) is 17.3 Å². The SMILES string of the molecule is Cc1onc(-c2ccc(F)cn2)c1COc1cc(CONCCO)sn1.